The molecule has 0 bridgehead atoms. The third-order valence-electron chi connectivity index (χ3n) is 10.7. The first-order valence-corrected chi connectivity index (χ1v) is 17.5. The van der Waals surface area contributed by atoms with Gasteiger partial charge in [-0.15, -0.1) is 0 Å². The van der Waals surface area contributed by atoms with E-state index in [0.29, 0.717) is 22.3 Å². The number of hydrogen-bond acceptors (Lipinski definition) is 0. The second-order valence-electron chi connectivity index (χ2n) is 13.3. The maximum atomic E-state index is 9.71. The van der Waals surface area contributed by atoms with Crippen molar-refractivity contribution in [3.8, 4) is 33.4 Å². The molecule has 0 spiro atoms. The van der Waals surface area contributed by atoms with Crippen molar-refractivity contribution in [3.63, 3.8) is 0 Å². The molecule has 0 saturated heterocycles. The average molecular weight is 665 g/mol. The van der Waals surface area contributed by atoms with Crippen LogP contribution in [0, 0.1) is 0 Å². The second-order valence-corrected chi connectivity index (χ2v) is 13.3. The lowest BCUT2D eigenvalue weighted by molar-refractivity contribution is 1.64. The fourth-order valence-corrected chi connectivity index (χ4v) is 8.52. The molecule has 240 valence electrons. The molecular weight excluding hydrogens is 625 g/mol. The monoisotopic (exact) mass is 664 g/mol. The Morgan fingerprint density at radius 3 is 1.19 bits per heavy atom. The highest BCUT2D eigenvalue weighted by Gasteiger charge is 2.22. The minimum Gasteiger partial charge on any atom is -0.0622 e. The van der Waals surface area contributed by atoms with Gasteiger partial charge in [-0.05, 0) is 115 Å². The van der Waals surface area contributed by atoms with Crippen LogP contribution in [0.1, 0.15) is 11.0 Å². The predicted molar refractivity (Wildman–Crippen MR) is 225 cm³/mol. The van der Waals surface area contributed by atoms with Crippen molar-refractivity contribution in [2.75, 3.05) is 0 Å². The maximum Gasteiger partial charge on any atom is 0.0629 e. The summed E-state index contributed by atoms with van der Waals surface area (Å²) in [5.74, 6) is 0. The van der Waals surface area contributed by atoms with E-state index >= 15 is 0 Å². The fourth-order valence-electron chi connectivity index (χ4n) is 8.52. The molecule has 0 N–H and O–H groups in total. The van der Waals surface area contributed by atoms with E-state index in [1.165, 1.54) is 0 Å². The minimum absolute atomic E-state index is 0.193. The zero-order valence-electron chi connectivity index (χ0n) is 35.9. The van der Waals surface area contributed by atoms with Gasteiger partial charge in [0.05, 0.1) is 11.0 Å². The van der Waals surface area contributed by atoms with Crippen LogP contribution < -0.4 is 0 Å². The van der Waals surface area contributed by atoms with E-state index in [2.05, 4.69) is 36.4 Å². The van der Waals surface area contributed by atoms with Crippen LogP contribution in [-0.4, -0.2) is 0 Å². The van der Waals surface area contributed by atoms with Gasteiger partial charge in [0, 0.05) is 0 Å². The van der Waals surface area contributed by atoms with Gasteiger partial charge < -0.3 is 0 Å². The molecule has 0 amide bonds. The highest BCUT2D eigenvalue weighted by Crippen LogP contribution is 2.49. The van der Waals surface area contributed by atoms with Gasteiger partial charge in [-0.2, -0.15) is 0 Å². The molecule has 52 heavy (non-hydrogen) atoms. The zero-order valence-corrected chi connectivity index (χ0v) is 27.9. The van der Waals surface area contributed by atoms with Crippen LogP contribution in [0.3, 0.4) is 0 Å². The van der Waals surface area contributed by atoms with E-state index in [9.17, 15) is 5.48 Å². The first-order chi connectivity index (χ1) is 29.2. The Labute approximate surface area is 313 Å². The maximum absolute atomic E-state index is 9.71. The molecule has 0 nitrogen and oxygen atoms in total. The predicted octanol–water partition coefficient (Wildman–Crippen LogP) is 14.8. The van der Waals surface area contributed by atoms with Crippen LogP contribution in [-0.2, 0) is 0 Å². The summed E-state index contributed by atoms with van der Waals surface area (Å²) in [6.07, 6.45) is 0. The molecule has 0 fully saturated rings. The van der Waals surface area contributed by atoms with Crippen molar-refractivity contribution < 1.29 is 11.0 Å². The molecule has 0 heterocycles. The summed E-state index contributed by atoms with van der Waals surface area (Å²) in [6.45, 7) is 0. The molecule has 0 aliphatic heterocycles. The molecule has 0 radical (unpaired) electrons. The normalized spacial score (nSPS) is 14.0. The Hall–Kier alpha value is -6.76. The Morgan fingerprint density at radius 1 is 0.269 bits per heavy atom. The summed E-state index contributed by atoms with van der Waals surface area (Å²) in [5, 5.41) is 10.3. The van der Waals surface area contributed by atoms with Crippen molar-refractivity contribution in [3.05, 3.63) is 194 Å². The van der Waals surface area contributed by atoms with Gasteiger partial charge in [-0.1, -0.05) is 188 Å². The Morgan fingerprint density at radius 2 is 0.635 bits per heavy atom. The zero-order chi connectivity index (χ0) is 41.1. The van der Waals surface area contributed by atoms with E-state index in [1.54, 1.807) is 0 Å². The van der Waals surface area contributed by atoms with Crippen LogP contribution >= 0.6 is 0 Å². The van der Waals surface area contributed by atoms with Gasteiger partial charge >= 0.3 is 0 Å². The first-order valence-electron chi connectivity index (χ1n) is 21.5. The summed E-state index contributed by atoms with van der Waals surface area (Å²) in [6, 6.07) is 45.5. The Bertz CT molecular complexity index is 3610. The molecule has 0 unspecified atom stereocenters. The summed E-state index contributed by atoms with van der Waals surface area (Å²) in [5.41, 5.74) is 3.84. The molecule has 0 aliphatic carbocycles. The first kappa shape index (κ1) is 22.1. The van der Waals surface area contributed by atoms with Crippen molar-refractivity contribution in [1.29, 1.82) is 0 Å². The number of rotatable bonds is 3. The molecular formula is C52H32. The van der Waals surface area contributed by atoms with E-state index in [-0.39, 0.29) is 45.7 Å². The van der Waals surface area contributed by atoms with Crippen LogP contribution in [0.5, 0.6) is 0 Å². The molecule has 0 atom stereocenters. The quantitative estimate of drug-likeness (QED) is 0.130. The summed E-state index contributed by atoms with van der Waals surface area (Å²) >= 11 is 0. The number of hydrogen-bond donors (Lipinski definition) is 0. The van der Waals surface area contributed by atoms with Gasteiger partial charge in [0.1, 0.15) is 0 Å². The molecule has 11 rings (SSSR count). The lowest BCUT2D eigenvalue weighted by Crippen LogP contribution is -1.94. The van der Waals surface area contributed by atoms with E-state index in [0.717, 1.165) is 65.0 Å². The molecule has 0 saturated carbocycles. The highest BCUT2D eigenvalue weighted by molar-refractivity contribution is 6.35. The van der Waals surface area contributed by atoms with Crippen molar-refractivity contribution in [2.45, 2.75) is 0 Å². The van der Waals surface area contributed by atoms with Crippen molar-refractivity contribution in [1.82, 2.24) is 0 Å². The molecule has 11 aromatic rings. The largest absolute Gasteiger partial charge is 0.0629 e. The van der Waals surface area contributed by atoms with Crippen LogP contribution in [0.25, 0.3) is 109 Å². The highest BCUT2D eigenvalue weighted by atomic mass is 14.2. The summed E-state index contributed by atoms with van der Waals surface area (Å²) < 4.78 is 75.0. The number of fused-ring (bicyclic) bond motifs is 11. The Kier molecular flexibility index (Phi) is 4.85. The topological polar surface area (TPSA) is 0 Å². The second kappa shape index (κ2) is 11.4. The molecule has 0 heteroatoms. The standard InChI is InChI=1S/C52H32/c1-2-16-33(17-3-1)34-30-31-47(37-20-6-4-18-35(34)37)50-43-26-12-14-28-45(43)52(46-29-15-13-27-44(46)50)49-32-48-39-22-7-5-19-36(39)38-21-8-10-24-41(38)51(48)42-25-11-9-23-40(42)49/h1-32H/i12D,13D,14D,15D,26D,27D,28D,29D. The van der Waals surface area contributed by atoms with Crippen molar-refractivity contribution in [2.24, 2.45) is 0 Å². The van der Waals surface area contributed by atoms with Crippen molar-refractivity contribution >= 4 is 75.4 Å². The SMILES string of the molecule is [2H]c1c([2H])c([2H])c2c(-c3cc4c5ccccc5c5ccccc5c4c4ccccc34)c3c([2H])c([2H])c([2H])c([2H])c3c(-c3ccc(-c4ccccc4)c4ccccc34)c2c1[2H]. The van der Waals surface area contributed by atoms with Gasteiger partial charge in [-0.25, -0.2) is 0 Å². The summed E-state index contributed by atoms with van der Waals surface area (Å²) in [4.78, 5) is 0. The van der Waals surface area contributed by atoms with Crippen LogP contribution in [0.15, 0.2) is 194 Å². The van der Waals surface area contributed by atoms with Gasteiger partial charge in [-0.3, -0.25) is 0 Å². The van der Waals surface area contributed by atoms with Gasteiger partial charge in [0.2, 0.25) is 0 Å². The van der Waals surface area contributed by atoms with Crippen LogP contribution in [0.4, 0.5) is 0 Å². The van der Waals surface area contributed by atoms with Crippen LogP contribution in [0.2, 0.25) is 0 Å². The average Bonchev–Trinajstić information content (AvgIpc) is 3.30. The third-order valence-corrected chi connectivity index (χ3v) is 10.7. The Balaban J connectivity index is 1.42. The lowest BCUT2D eigenvalue weighted by atomic mass is 9.81. The lowest BCUT2D eigenvalue weighted by Gasteiger charge is -2.21. The van der Waals surface area contributed by atoms with E-state index in [1.807, 2.05) is 109 Å². The van der Waals surface area contributed by atoms with Gasteiger partial charge in [0.15, 0.2) is 0 Å². The van der Waals surface area contributed by atoms with E-state index in [4.69, 9.17) is 5.48 Å². The smallest absolute Gasteiger partial charge is 0.0622 e. The molecule has 0 aromatic heterocycles. The minimum atomic E-state index is -0.425. The third kappa shape index (κ3) is 4.16. The molecule has 11 aromatic carbocycles. The van der Waals surface area contributed by atoms with E-state index < -0.39 is 24.2 Å². The number of benzene rings is 11. The molecule has 0 aliphatic rings. The van der Waals surface area contributed by atoms with Gasteiger partial charge in [0.25, 0.3) is 0 Å². The fraction of sp³-hybridized carbons (Fsp3) is 0. The summed E-state index contributed by atoms with van der Waals surface area (Å²) in [7, 11) is 0.